The van der Waals surface area contributed by atoms with Gasteiger partial charge in [-0.1, -0.05) is 55.7 Å². The van der Waals surface area contributed by atoms with E-state index in [9.17, 15) is 5.11 Å². The molecule has 2 fully saturated rings. The topological polar surface area (TPSA) is 54.0 Å². The van der Waals surface area contributed by atoms with Crippen molar-refractivity contribution in [2.24, 2.45) is 0 Å². The lowest BCUT2D eigenvalue weighted by Gasteiger charge is -2.42. The summed E-state index contributed by atoms with van der Waals surface area (Å²) in [4.78, 5) is 2.48. The van der Waals surface area contributed by atoms with Crippen molar-refractivity contribution in [3.8, 4) is 11.5 Å². The molecule has 1 atom stereocenters. The van der Waals surface area contributed by atoms with Gasteiger partial charge in [0.2, 0.25) is 0 Å². The second kappa shape index (κ2) is 11.5. The van der Waals surface area contributed by atoms with Gasteiger partial charge in [-0.15, -0.1) is 0 Å². The van der Waals surface area contributed by atoms with E-state index >= 15 is 0 Å². The number of benzene rings is 2. The van der Waals surface area contributed by atoms with Crippen molar-refractivity contribution in [3.63, 3.8) is 0 Å². The minimum absolute atomic E-state index is 0.0572. The van der Waals surface area contributed by atoms with Crippen LogP contribution in [0.15, 0.2) is 48.5 Å². The average molecular weight is 503 g/mol. The molecule has 2 aromatic carbocycles. The van der Waals surface area contributed by atoms with Crippen LogP contribution in [0.2, 0.25) is 0 Å². The molecule has 0 amide bonds. The third-order valence-corrected chi connectivity index (χ3v) is 7.06. The largest absolute Gasteiger partial charge is 0.485 e. The van der Waals surface area contributed by atoms with Crippen LogP contribution in [0, 0.1) is 0 Å². The molecule has 0 bridgehead atoms. The van der Waals surface area contributed by atoms with Gasteiger partial charge in [0.25, 0.3) is 0 Å². The van der Waals surface area contributed by atoms with Crippen molar-refractivity contribution < 1.29 is 14.6 Å². The summed E-state index contributed by atoms with van der Waals surface area (Å²) in [5.74, 6) is 1.51. The molecule has 1 heterocycles. The van der Waals surface area contributed by atoms with Gasteiger partial charge in [-0.3, -0.25) is 0 Å². The van der Waals surface area contributed by atoms with Crippen molar-refractivity contribution in [3.05, 3.63) is 59.7 Å². The van der Waals surface area contributed by atoms with E-state index in [2.05, 4.69) is 50.4 Å². The molecule has 5 nitrogen and oxygen atoms in total. The van der Waals surface area contributed by atoms with Crippen LogP contribution >= 0.6 is 15.9 Å². The van der Waals surface area contributed by atoms with E-state index in [-0.39, 0.29) is 5.92 Å². The smallest absolute Gasteiger partial charge is 0.162 e. The molecule has 0 aromatic heterocycles. The molecule has 1 aliphatic carbocycles. The van der Waals surface area contributed by atoms with E-state index in [1.165, 1.54) is 6.42 Å². The van der Waals surface area contributed by atoms with E-state index < -0.39 is 5.60 Å². The van der Waals surface area contributed by atoms with Crippen molar-refractivity contribution in [1.29, 1.82) is 0 Å². The van der Waals surface area contributed by atoms with Gasteiger partial charge in [0.1, 0.15) is 12.1 Å². The monoisotopic (exact) mass is 502 g/mol. The number of halogens is 1. The molecule has 1 saturated carbocycles. The summed E-state index contributed by atoms with van der Waals surface area (Å²) in [6.07, 6.45) is 5.14. The van der Waals surface area contributed by atoms with Crippen LogP contribution in [0.25, 0.3) is 0 Å². The summed E-state index contributed by atoms with van der Waals surface area (Å²) in [6, 6.07) is 16.4. The molecule has 32 heavy (non-hydrogen) atoms. The third-order valence-electron chi connectivity index (χ3n) is 6.84. The quantitative estimate of drug-likeness (QED) is 0.487. The summed E-state index contributed by atoms with van der Waals surface area (Å²) in [5, 5.41) is 15.2. The number of rotatable bonds is 9. The molecule has 1 aliphatic heterocycles. The Labute approximate surface area is 200 Å². The fraction of sp³-hybridized carbons (Fsp3) is 0.538. The van der Waals surface area contributed by atoms with Crippen molar-refractivity contribution in [2.75, 3.05) is 38.2 Å². The lowest BCUT2D eigenvalue weighted by atomic mass is 9.72. The van der Waals surface area contributed by atoms with Gasteiger partial charge < -0.3 is 24.8 Å². The Bertz CT molecular complexity index is 836. The van der Waals surface area contributed by atoms with Gasteiger partial charge in [-0.2, -0.15) is 0 Å². The predicted octanol–water partition coefficient (Wildman–Crippen LogP) is 4.68. The van der Waals surface area contributed by atoms with E-state index in [0.717, 1.165) is 81.0 Å². The number of nitrogens with zero attached hydrogens (tertiary/aromatic N) is 1. The summed E-state index contributed by atoms with van der Waals surface area (Å²) in [7, 11) is 0. The molecule has 0 spiro atoms. The minimum Gasteiger partial charge on any atom is -0.485 e. The molecule has 1 saturated heterocycles. The lowest BCUT2D eigenvalue weighted by molar-refractivity contribution is -0.0317. The van der Waals surface area contributed by atoms with E-state index in [4.69, 9.17) is 9.47 Å². The summed E-state index contributed by atoms with van der Waals surface area (Å²) in [6.45, 7) is 5.43. The van der Waals surface area contributed by atoms with E-state index in [0.29, 0.717) is 12.1 Å². The van der Waals surface area contributed by atoms with Gasteiger partial charge >= 0.3 is 0 Å². The Balaban J connectivity index is 1.58. The van der Waals surface area contributed by atoms with Crippen LogP contribution in [-0.4, -0.2) is 53.8 Å². The predicted molar refractivity (Wildman–Crippen MR) is 132 cm³/mol. The fourth-order valence-corrected chi connectivity index (χ4v) is 5.26. The Morgan fingerprint density at radius 3 is 2.44 bits per heavy atom. The molecule has 1 unspecified atom stereocenters. The molecule has 0 radical (unpaired) electrons. The standard InChI is InChI=1S/C26H35BrN2O3/c27-20-32-25-17-22(9-10-24(25)31-19-21-7-3-1-4-8-21)23(18-29-15-13-28-14-16-29)26(30)11-5-2-6-12-26/h1,3-4,7-10,17,23,28,30H,2,5-6,11-16,18-20H2. The first kappa shape index (κ1) is 23.6. The van der Waals surface area contributed by atoms with Crippen molar-refractivity contribution >= 4 is 15.9 Å². The van der Waals surface area contributed by atoms with Crippen LogP contribution in [0.4, 0.5) is 0 Å². The first-order chi connectivity index (χ1) is 15.7. The SMILES string of the molecule is OC1(C(CN2CCNCC2)c2ccc(OCc3ccccc3)c(OCBr)c2)CCCCC1. The number of aliphatic hydroxyl groups is 1. The van der Waals surface area contributed by atoms with Crippen LogP contribution in [-0.2, 0) is 6.61 Å². The van der Waals surface area contributed by atoms with Crippen LogP contribution in [0.3, 0.4) is 0 Å². The average Bonchev–Trinajstić information content (AvgIpc) is 2.84. The minimum atomic E-state index is -0.665. The molecule has 174 valence electrons. The highest BCUT2D eigenvalue weighted by molar-refractivity contribution is 9.09. The summed E-state index contributed by atoms with van der Waals surface area (Å²) < 4.78 is 12.0. The molecule has 6 heteroatoms. The number of hydrogen-bond donors (Lipinski definition) is 2. The van der Waals surface area contributed by atoms with Gasteiger partial charge in [-0.25, -0.2) is 0 Å². The Kier molecular flexibility index (Phi) is 8.47. The molecule has 2 N–H and O–H groups in total. The Hall–Kier alpha value is -1.60. The first-order valence-electron chi connectivity index (χ1n) is 11.8. The Morgan fingerprint density at radius 1 is 0.969 bits per heavy atom. The highest BCUT2D eigenvalue weighted by Crippen LogP contribution is 2.43. The van der Waals surface area contributed by atoms with Gasteiger partial charge in [-0.05, 0) is 52.0 Å². The summed E-state index contributed by atoms with van der Waals surface area (Å²) in [5.41, 5.74) is 1.98. The Morgan fingerprint density at radius 2 is 1.72 bits per heavy atom. The van der Waals surface area contributed by atoms with E-state index in [1.54, 1.807) is 0 Å². The zero-order chi connectivity index (χ0) is 22.2. The second-order valence-corrected chi connectivity index (χ2v) is 9.46. The van der Waals surface area contributed by atoms with Crippen LogP contribution in [0.5, 0.6) is 11.5 Å². The van der Waals surface area contributed by atoms with Crippen LogP contribution in [0.1, 0.15) is 49.1 Å². The maximum atomic E-state index is 11.7. The zero-order valence-electron chi connectivity index (χ0n) is 18.8. The fourth-order valence-electron chi connectivity index (χ4n) is 5.02. The van der Waals surface area contributed by atoms with Crippen molar-refractivity contribution in [1.82, 2.24) is 10.2 Å². The molecular weight excluding hydrogens is 468 g/mol. The zero-order valence-corrected chi connectivity index (χ0v) is 20.4. The van der Waals surface area contributed by atoms with Gasteiger partial charge in [0.05, 0.1) is 5.60 Å². The number of nitrogens with one attached hydrogen (secondary N) is 1. The van der Waals surface area contributed by atoms with Gasteiger partial charge in [0.15, 0.2) is 11.5 Å². The highest BCUT2D eigenvalue weighted by atomic mass is 79.9. The third kappa shape index (κ3) is 6.04. The first-order valence-corrected chi connectivity index (χ1v) is 12.9. The van der Waals surface area contributed by atoms with E-state index in [1.807, 2.05) is 24.3 Å². The maximum absolute atomic E-state index is 11.7. The number of hydrogen-bond acceptors (Lipinski definition) is 5. The normalized spacial score (nSPS) is 19.9. The second-order valence-electron chi connectivity index (χ2n) is 9.00. The lowest BCUT2D eigenvalue weighted by Crippen LogP contribution is -2.49. The number of ether oxygens (including phenoxy) is 2. The molecule has 2 aromatic rings. The molecule has 2 aliphatic rings. The highest BCUT2D eigenvalue weighted by Gasteiger charge is 2.40. The number of piperazine rings is 1. The van der Waals surface area contributed by atoms with Crippen molar-refractivity contribution in [2.45, 2.75) is 50.2 Å². The maximum Gasteiger partial charge on any atom is 0.162 e. The summed E-state index contributed by atoms with van der Waals surface area (Å²) >= 11 is 3.40. The number of alkyl halides is 1. The van der Waals surface area contributed by atoms with Crippen LogP contribution < -0.4 is 14.8 Å². The van der Waals surface area contributed by atoms with Gasteiger partial charge in [0, 0.05) is 38.6 Å². The molecular formula is C26H35BrN2O3. The molecule has 4 rings (SSSR count).